The molecule has 1 N–H and O–H groups in total. The van der Waals surface area contributed by atoms with E-state index < -0.39 is 11.0 Å². The summed E-state index contributed by atoms with van der Waals surface area (Å²) < 4.78 is 16.9. The molecule has 7 nitrogen and oxygen atoms in total. The first-order valence-electron chi connectivity index (χ1n) is 13.1. The summed E-state index contributed by atoms with van der Waals surface area (Å²) in [5.74, 6) is -0.0923. The van der Waals surface area contributed by atoms with E-state index in [1.54, 1.807) is 0 Å². The van der Waals surface area contributed by atoms with Crippen molar-refractivity contribution in [1.29, 1.82) is 0 Å². The molecule has 0 aliphatic heterocycles. The summed E-state index contributed by atoms with van der Waals surface area (Å²) >= 11 is 0. The number of fused-ring (bicyclic) bond motifs is 5. The van der Waals surface area contributed by atoms with Crippen molar-refractivity contribution in [3.05, 3.63) is 34.4 Å². The second kappa shape index (κ2) is 8.46. The molecule has 1 aromatic heterocycles. The Morgan fingerprint density at radius 3 is 2.43 bits per heavy atom. The molecule has 0 amide bonds. The lowest BCUT2D eigenvalue weighted by molar-refractivity contribution is -0.246. The Kier molecular flexibility index (Phi) is 5.93. The lowest BCUT2D eigenvalue weighted by Crippen LogP contribution is -2.66. The van der Waals surface area contributed by atoms with E-state index >= 15 is 0 Å². The average molecular weight is 487 g/mol. The Hall–Kier alpha value is -2.15. The van der Waals surface area contributed by atoms with Gasteiger partial charge in [-0.1, -0.05) is 13.8 Å². The summed E-state index contributed by atoms with van der Waals surface area (Å²) in [6.07, 6.45) is 7.56. The molecule has 4 aliphatic rings. The minimum atomic E-state index is -0.893. The molecule has 1 heterocycles. The Bertz CT molecular complexity index is 1040. The molecule has 5 rings (SSSR count). The van der Waals surface area contributed by atoms with Crippen molar-refractivity contribution >= 4 is 11.9 Å². The molecule has 4 aliphatic carbocycles. The molecular weight excluding hydrogens is 448 g/mol. The third kappa shape index (κ3) is 3.76. The van der Waals surface area contributed by atoms with Gasteiger partial charge in [-0.3, -0.25) is 9.59 Å². The summed E-state index contributed by atoms with van der Waals surface area (Å²) in [6.45, 7) is 7.37. The minimum Gasteiger partial charge on any atom is -0.463 e. The van der Waals surface area contributed by atoms with Crippen molar-refractivity contribution in [3.63, 3.8) is 0 Å². The first-order chi connectivity index (χ1) is 16.5. The first-order valence-corrected chi connectivity index (χ1v) is 13.1. The highest BCUT2D eigenvalue weighted by atomic mass is 16.5. The maximum atomic E-state index is 12.5. The maximum absolute atomic E-state index is 12.5. The number of carbonyl (C=O) groups excluding carboxylic acids is 2. The van der Waals surface area contributed by atoms with Crippen molar-refractivity contribution in [1.82, 2.24) is 0 Å². The molecule has 0 radical (unpaired) electrons. The summed E-state index contributed by atoms with van der Waals surface area (Å²) in [4.78, 5) is 35.5. The Morgan fingerprint density at radius 2 is 1.77 bits per heavy atom. The Labute approximate surface area is 206 Å². The fourth-order valence-electron chi connectivity index (χ4n) is 9.02. The van der Waals surface area contributed by atoms with E-state index in [2.05, 4.69) is 13.8 Å². The van der Waals surface area contributed by atoms with Gasteiger partial charge in [0.05, 0.1) is 11.9 Å². The van der Waals surface area contributed by atoms with Crippen LogP contribution in [0.4, 0.5) is 0 Å². The molecule has 192 valence electrons. The van der Waals surface area contributed by atoms with E-state index in [0.717, 1.165) is 44.1 Å². The van der Waals surface area contributed by atoms with Crippen LogP contribution in [0.3, 0.4) is 0 Å². The molecule has 4 saturated carbocycles. The smallest absolute Gasteiger partial charge is 0.335 e. The van der Waals surface area contributed by atoms with Gasteiger partial charge >= 0.3 is 17.6 Å². The summed E-state index contributed by atoms with van der Waals surface area (Å²) in [5, 5.41) is 12.5. The number of carbonyl (C=O) groups is 2. The van der Waals surface area contributed by atoms with Crippen LogP contribution in [0, 0.1) is 28.6 Å². The van der Waals surface area contributed by atoms with E-state index in [0.29, 0.717) is 18.8 Å². The number of ether oxygens (including phenoxy) is 2. The van der Waals surface area contributed by atoms with Gasteiger partial charge < -0.3 is 19.0 Å². The molecule has 0 unspecified atom stereocenters. The lowest BCUT2D eigenvalue weighted by atomic mass is 9.42. The summed E-state index contributed by atoms with van der Waals surface area (Å²) in [5.41, 5.74) is -0.967. The third-order valence-electron chi connectivity index (χ3n) is 10.5. The Balaban J connectivity index is 1.52. The molecular formula is C28H38O7. The van der Waals surface area contributed by atoms with Gasteiger partial charge in [0.15, 0.2) is 0 Å². The predicted octanol–water partition coefficient (Wildman–Crippen LogP) is 4.35. The Morgan fingerprint density at radius 1 is 1.03 bits per heavy atom. The van der Waals surface area contributed by atoms with Crippen LogP contribution >= 0.6 is 0 Å². The topological polar surface area (TPSA) is 103 Å². The van der Waals surface area contributed by atoms with Crippen LogP contribution < -0.4 is 5.63 Å². The van der Waals surface area contributed by atoms with Crippen LogP contribution in [-0.4, -0.2) is 34.9 Å². The molecule has 1 aromatic rings. The van der Waals surface area contributed by atoms with Crippen molar-refractivity contribution in [3.8, 4) is 0 Å². The zero-order valence-corrected chi connectivity index (χ0v) is 21.2. The van der Waals surface area contributed by atoms with Crippen LogP contribution in [-0.2, 0) is 19.1 Å². The average Bonchev–Trinajstić information content (AvgIpc) is 3.05. The van der Waals surface area contributed by atoms with E-state index in [9.17, 15) is 19.5 Å². The quantitative estimate of drug-likeness (QED) is 0.634. The zero-order chi connectivity index (χ0) is 25.2. The van der Waals surface area contributed by atoms with Crippen molar-refractivity contribution < 1.29 is 28.6 Å². The number of esters is 2. The van der Waals surface area contributed by atoms with E-state index in [1.807, 2.05) is 6.07 Å². The van der Waals surface area contributed by atoms with Gasteiger partial charge in [0, 0.05) is 31.2 Å². The predicted molar refractivity (Wildman–Crippen MR) is 127 cm³/mol. The number of aliphatic hydroxyl groups is 1. The SMILES string of the molecule is CC(=O)O[C@H]1CC[C@@]2(C)[C@H](CC[C@H]3[C@H]2[C@H](OC(C)=O)C[C@]2(C)[C@@H](c4ccc(=O)oc4)CC[C@]32O)C1. The van der Waals surface area contributed by atoms with Crippen molar-refractivity contribution in [2.75, 3.05) is 0 Å². The standard InChI is InChI=1S/C28H38O7/c1-16(29)34-20-9-11-26(3)19(13-20)6-7-22-25(26)23(35-17(2)30)14-27(4)21(10-12-28(22,27)32)18-5-8-24(31)33-15-18/h5,8,15,19-23,25,32H,6-7,9-14H2,1-4H3/t19-,20+,21-,22+,23-,25+,26+,27-,28+/m1/s1. The summed E-state index contributed by atoms with van der Waals surface area (Å²) in [6, 6.07) is 3.26. The molecule has 35 heavy (non-hydrogen) atoms. The third-order valence-corrected chi connectivity index (χ3v) is 10.5. The molecule has 7 heteroatoms. The lowest BCUT2D eigenvalue weighted by Gasteiger charge is -2.65. The zero-order valence-electron chi connectivity index (χ0n) is 21.2. The van der Waals surface area contributed by atoms with Gasteiger partial charge in [-0.05, 0) is 86.2 Å². The van der Waals surface area contributed by atoms with Gasteiger partial charge in [-0.2, -0.15) is 0 Å². The van der Waals surface area contributed by atoms with Crippen LogP contribution in [0.2, 0.25) is 0 Å². The number of rotatable bonds is 3. The second-order valence-electron chi connectivity index (χ2n) is 12.1. The van der Waals surface area contributed by atoms with Crippen LogP contribution in [0.1, 0.15) is 90.5 Å². The molecule has 0 aromatic carbocycles. The van der Waals surface area contributed by atoms with Crippen LogP contribution in [0.25, 0.3) is 0 Å². The highest BCUT2D eigenvalue weighted by Gasteiger charge is 2.70. The van der Waals surface area contributed by atoms with E-state index in [-0.39, 0.29) is 52.9 Å². The van der Waals surface area contributed by atoms with Crippen LogP contribution in [0.5, 0.6) is 0 Å². The largest absolute Gasteiger partial charge is 0.463 e. The fraction of sp³-hybridized carbons (Fsp3) is 0.750. The number of hydrogen-bond donors (Lipinski definition) is 1. The highest BCUT2D eigenvalue weighted by Crippen LogP contribution is 2.71. The monoisotopic (exact) mass is 486 g/mol. The van der Waals surface area contributed by atoms with Crippen LogP contribution in [0.15, 0.2) is 27.6 Å². The molecule has 9 atom stereocenters. The summed E-state index contributed by atoms with van der Waals surface area (Å²) in [7, 11) is 0. The van der Waals surface area contributed by atoms with Gasteiger partial charge in [0.1, 0.15) is 12.2 Å². The minimum absolute atomic E-state index is 0.0119. The first kappa shape index (κ1) is 24.5. The van der Waals surface area contributed by atoms with Gasteiger partial charge in [-0.25, -0.2) is 4.79 Å². The van der Waals surface area contributed by atoms with Gasteiger partial charge in [0.2, 0.25) is 0 Å². The molecule has 0 bridgehead atoms. The molecule has 0 saturated heterocycles. The highest BCUT2D eigenvalue weighted by molar-refractivity contribution is 5.66. The van der Waals surface area contributed by atoms with Crippen molar-refractivity contribution in [2.45, 2.75) is 103 Å². The van der Waals surface area contributed by atoms with Gasteiger partial charge in [0.25, 0.3) is 0 Å². The van der Waals surface area contributed by atoms with Gasteiger partial charge in [-0.15, -0.1) is 0 Å². The molecule has 4 fully saturated rings. The van der Waals surface area contributed by atoms with E-state index in [4.69, 9.17) is 13.9 Å². The fourth-order valence-corrected chi connectivity index (χ4v) is 9.02. The van der Waals surface area contributed by atoms with E-state index in [1.165, 1.54) is 26.2 Å². The second-order valence-corrected chi connectivity index (χ2v) is 12.1. The van der Waals surface area contributed by atoms with Crippen molar-refractivity contribution in [2.24, 2.45) is 28.6 Å². The number of hydrogen-bond acceptors (Lipinski definition) is 7. The normalized spacial score (nSPS) is 44.5. The maximum Gasteiger partial charge on any atom is 0.335 e. The molecule has 0 spiro atoms.